The van der Waals surface area contributed by atoms with E-state index in [0.717, 1.165) is 5.52 Å². The summed E-state index contributed by atoms with van der Waals surface area (Å²) in [6.45, 7) is -0.526. The number of hydrogen-bond donors (Lipinski definition) is 5. The lowest BCUT2D eigenvalue weighted by Crippen LogP contribution is -2.58. The first kappa shape index (κ1) is 19.4. The molecule has 144 valence electrons. The maximum atomic E-state index is 11.1. The van der Waals surface area contributed by atoms with E-state index < -0.39 is 37.3 Å². The summed E-state index contributed by atoms with van der Waals surface area (Å²) in [5, 5.41) is 44.7. The van der Waals surface area contributed by atoms with E-state index in [1.165, 1.54) is 12.1 Å². The van der Waals surface area contributed by atoms with Crippen LogP contribution in [-0.4, -0.2) is 67.8 Å². The van der Waals surface area contributed by atoms with Gasteiger partial charge in [-0.15, -0.1) is 0 Å². The van der Waals surface area contributed by atoms with Gasteiger partial charge in [0.25, 0.3) is 0 Å². The number of nitrogens with zero attached hydrogens (tertiary/aromatic N) is 1. The molecule has 9 heteroatoms. The summed E-state index contributed by atoms with van der Waals surface area (Å²) in [6.07, 6.45) is -7.04. The third kappa shape index (κ3) is 4.14. The molecule has 27 heavy (non-hydrogen) atoms. The van der Waals surface area contributed by atoms with Gasteiger partial charge in [-0.1, -0.05) is 12.1 Å². The van der Waals surface area contributed by atoms with Crippen molar-refractivity contribution < 1.29 is 34.7 Å². The summed E-state index contributed by atoms with van der Waals surface area (Å²) in [5.74, 6) is 0.529. The van der Waals surface area contributed by atoms with Gasteiger partial charge in [0.15, 0.2) is 23.1 Å². The SMILES string of the molecule is O=c1ccc2nc3ccccc3oc-2c1.OC[C@H]1O[C@@H](O)[C@H](O)[C@@H](O)[C@H]1O. The molecular weight excluding hydrogens is 358 g/mol. The fourth-order valence-electron chi connectivity index (χ4n) is 2.63. The molecule has 5 atom stereocenters. The Kier molecular flexibility index (Phi) is 5.80. The van der Waals surface area contributed by atoms with E-state index in [1.807, 2.05) is 24.3 Å². The minimum atomic E-state index is -1.57. The molecule has 0 saturated carbocycles. The van der Waals surface area contributed by atoms with E-state index in [4.69, 9.17) is 29.9 Å². The van der Waals surface area contributed by atoms with Crippen LogP contribution in [-0.2, 0) is 4.74 Å². The third-order valence-corrected chi connectivity index (χ3v) is 4.12. The first-order valence-corrected chi connectivity index (χ1v) is 8.19. The average molecular weight is 377 g/mol. The van der Waals surface area contributed by atoms with Crippen LogP contribution in [0, 0.1) is 0 Å². The zero-order valence-electron chi connectivity index (χ0n) is 14.0. The van der Waals surface area contributed by atoms with Gasteiger partial charge in [0.1, 0.15) is 35.6 Å². The van der Waals surface area contributed by atoms with E-state index in [9.17, 15) is 4.79 Å². The van der Waals surface area contributed by atoms with Crippen molar-refractivity contribution in [3.05, 3.63) is 52.7 Å². The van der Waals surface area contributed by atoms with Crippen molar-refractivity contribution in [1.82, 2.24) is 4.98 Å². The van der Waals surface area contributed by atoms with Gasteiger partial charge < -0.3 is 34.7 Å². The number of aliphatic hydroxyl groups is 5. The molecule has 0 radical (unpaired) electrons. The second-order valence-corrected chi connectivity index (χ2v) is 6.03. The fraction of sp³-hybridized carbons (Fsp3) is 0.333. The van der Waals surface area contributed by atoms with Crippen molar-refractivity contribution in [3.63, 3.8) is 0 Å². The predicted octanol–water partition coefficient (Wildman–Crippen LogP) is -0.929. The van der Waals surface area contributed by atoms with Gasteiger partial charge in [0.2, 0.25) is 0 Å². The van der Waals surface area contributed by atoms with Crippen molar-refractivity contribution in [1.29, 1.82) is 0 Å². The maximum Gasteiger partial charge on any atom is 0.184 e. The second kappa shape index (κ2) is 8.09. The monoisotopic (exact) mass is 377 g/mol. The summed E-state index contributed by atoms with van der Waals surface area (Å²) in [7, 11) is 0. The predicted molar refractivity (Wildman–Crippen MR) is 92.9 cm³/mol. The van der Waals surface area contributed by atoms with Crippen molar-refractivity contribution >= 4 is 11.1 Å². The Balaban J connectivity index is 0.000000161. The molecule has 2 heterocycles. The minimum Gasteiger partial charge on any atom is -0.453 e. The molecule has 1 fully saturated rings. The van der Waals surface area contributed by atoms with Crippen molar-refractivity contribution in [2.24, 2.45) is 0 Å². The molecule has 1 aliphatic carbocycles. The Morgan fingerprint density at radius 3 is 2.44 bits per heavy atom. The van der Waals surface area contributed by atoms with Crippen LogP contribution >= 0.6 is 0 Å². The Morgan fingerprint density at radius 2 is 1.70 bits per heavy atom. The van der Waals surface area contributed by atoms with Crippen LogP contribution in [0.25, 0.3) is 22.6 Å². The number of aliphatic hydroxyl groups excluding tert-OH is 5. The Morgan fingerprint density at radius 1 is 0.963 bits per heavy atom. The molecule has 5 N–H and O–H groups in total. The number of aromatic nitrogens is 1. The Bertz CT molecular complexity index is 924. The third-order valence-electron chi connectivity index (χ3n) is 4.12. The van der Waals surface area contributed by atoms with E-state index in [2.05, 4.69) is 9.72 Å². The minimum absolute atomic E-state index is 0.0664. The molecule has 0 bridgehead atoms. The smallest absolute Gasteiger partial charge is 0.184 e. The molecule has 1 aromatic carbocycles. The maximum absolute atomic E-state index is 11.1. The molecule has 1 saturated heterocycles. The topological polar surface area (TPSA) is 153 Å². The lowest BCUT2D eigenvalue weighted by molar-refractivity contribution is -0.286. The molecule has 3 aliphatic rings. The van der Waals surface area contributed by atoms with E-state index in [1.54, 1.807) is 6.07 Å². The molecular formula is C18H19NO8. The highest BCUT2D eigenvalue weighted by Gasteiger charge is 2.42. The highest BCUT2D eigenvalue weighted by Crippen LogP contribution is 2.22. The zero-order valence-corrected chi connectivity index (χ0v) is 14.0. The summed E-state index contributed by atoms with van der Waals surface area (Å²) >= 11 is 0. The van der Waals surface area contributed by atoms with Crippen LogP contribution in [0.3, 0.4) is 0 Å². The van der Waals surface area contributed by atoms with Crippen LogP contribution in [0.15, 0.2) is 51.7 Å². The van der Waals surface area contributed by atoms with Crippen molar-refractivity contribution in [3.8, 4) is 11.5 Å². The summed E-state index contributed by atoms with van der Waals surface area (Å²) in [4.78, 5) is 15.5. The quantitative estimate of drug-likeness (QED) is 0.338. The first-order valence-electron chi connectivity index (χ1n) is 8.19. The van der Waals surface area contributed by atoms with Crippen LogP contribution in [0.4, 0.5) is 0 Å². The van der Waals surface area contributed by atoms with Gasteiger partial charge in [0.05, 0.1) is 6.61 Å². The van der Waals surface area contributed by atoms with Crippen LogP contribution in [0.1, 0.15) is 0 Å². The van der Waals surface area contributed by atoms with Gasteiger partial charge in [-0.25, -0.2) is 4.98 Å². The van der Waals surface area contributed by atoms with Crippen molar-refractivity contribution in [2.45, 2.75) is 30.7 Å². The van der Waals surface area contributed by atoms with Crippen LogP contribution in [0.2, 0.25) is 0 Å². The van der Waals surface area contributed by atoms with E-state index >= 15 is 0 Å². The fourth-order valence-corrected chi connectivity index (χ4v) is 2.63. The molecule has 4 rings (SSSR count). The Hall–Kier alpha value is -2.40. The Labute approximate surface area is 153 Å². The molecule has 0 unspecified atom stereocenters. The van der Waals surface area contributed by atoms with Gasteiger partial charge >= 0.3 is 0 Å². The summed E-state index contributed by atoms with van der Waals surface area (Å²) in [6, 6.07) is 12.1. The number of benzene rings is 2. The summed E-state index contributed by atoms with van der Waals surface area (Å²) in [5.41, 5.74) is 2.12. The van der Waals surface area contributed by atoms with Gasteiger partial charge in [-0.05, 0) is 24.3 Å². The van der Waals surface area contributed by atoms with Gasteiger partial charge in [0, 0.05) is 6.07 Å². The van der Waals surface area contributed by atoms with Crippen LogP contribution in [0.5, 0.6) is 0 Å². The number of hydrogen-bond acceptors (Lipinski definition) is 9. The zero-order chi connectivity index (χ0) is 19.6. The lowest BCUT2D eigenvalue weighted by atomic mass is 10.00. The highest BCUT2D eigenvalue weighted by molar-refractivity contribution is 5.75. The normalized spacial score (nSPS) is 28.0. The molecule has 1 aromatic rings. The number of ether oxygens (including phenoxy) is 1. The van der Waals surface area contributed by atoms with E-state index in [-0.39, 0.29) is 5.43 Å². The van der Waals surface area contributed by atoms with Gasteiger partial charge in [-0.3, -0.25) is 4.79 Å². The molecule has 0 spiro atoms. The second-order valence-electron chi connectivity index (χ2n) is 6.03. The van der Waals surface area contributed by atoms with Gasteiger partial charge in [-0.2, -0.15) is 0 Å². The largest absolute Gasteiger partial charge is 0.453 e. The summed E-state index contributed by atoms with van der Waals surface area (Å²) < 4.78 is 10.1. The first-order chi connectivity index (χ1) is 12.9. The average Bonchev–Trinajstić information content (AvgIpc) is 2.68. The standard InChI is InChI=1S/C12H7NO2.C6H12O6/c14-8-5-6-10-12(7-8)15-11-4-2-1-3-9(11)13-10;7-1-2-3(8)4(9)5(10)6(11)12-2/h1-7H;2-11H,1H2/t;2-,3+,4+,5-,6-/m.1/s1. The molecule has 0 amide bonds. The number of fused-ring (bicyclic) bond motifs is 2. The highest BCUT2D eigenvalue weighted by atomic mass is 16.6. The molecule has 2 aliphatic heterocycles. The van der Waals surface area contributed by atoms with Crippen molar-refractivity contribution in [2.75, 3.05) is 6.61 Å². The number of para-hydroxylation sites is 2. The molecule has 0 aromatic heterocycles. The van der Waals surface area contributed by atoms with Crippen LogP contribution < -0.4 is 5.43 Å². The molecule has 9 nitrogen and oxygen atoms in total. The number of rotatable bonds is 1. The lowest BCUT2D eigenvalue weighted by Gasteiger charge is -2.37. The van der Waals surface area contributed by atoms with E-state index in [0.29, 0.717) is 17.0 Å².